The van der Waals surface area contributed by atoms with Crippen LogP contribution in [0.4, 0.5) is 24.8 Å². The molecule has 0 spiro atoms. The van der Waals surface area contributed by atoms with Crippen LogP contribution in [0.15, 0.2) is 73.1 Å². The second-order valence-electron chi connectivity index (χ2n) is 17.6. The summed E-state index contributed by atoms with van der Waals surface area (Å²) in [4.78, 5) is 88.9. The maximum absolute atomic E-state index is 13.7. The molecule has 1 saturated carbocycles. The lowest BCUT2D eigenvalue weighted by molar-refractivity contribution is -0.138. The first kappa shape index (κ1) is 46.2. The van der Waals surface area contributed by atoms with Crippen LogP contribution in [0.1, 0.15) is 113 Å². The topological polar surface area (TPSA) is 215 Å². The highest BCUT2D eigenvalue weighted by molar-refractivity contribution is 6.07. The Hall–Kier alpha value is -7.88. The Morgan fingerprint density at radius 2 is 1.78 bits per heavy atom. The molecule has 1 unspecified atom stereocenters. The normalized spacial score (nSPS) is 20.0. The third-order valence-corrected chi connectivity index (χ3v) is 12.9. The van der Waals surface area contributed by atoms with Crippen molar-refractivity contribution in [2.75, 3.05) is 24.1 Å². The predicted octanol–water partition coefficient (Wildman–Crippen LogP) is 6.18. The number of unbranched alkanes of at least 4 members (excludes halogenated alkanes) is 1. The highest BCUT2D eigenvalue weighted by Gasteiger charge is 2.39. The van der Waals surface area contributed by atoms with Gasteiger partial charge in [0.05, 0.1) is 29.1 Å². The first-order chi connectivity index (χ1) is 33.2. The molecular formula is C50H47F3N10O6. The number of nitrogens with two attached hydrogens (primary N) is 1. The highest BCUT2D eigenvalue weighted by Crippen LogP contribution is 2.39. The van der Waals surface area contributed by atoms with Gasteiger partial charge < -0.3 is 26.2 Å². The number of nitrogens with zero attached hydrogens (tertiary/aromatic N) is 6. The number of fused-ring (bicyclic) bond motifs is 4. The number of nitrogens with one attached hydrogen (secondary N) is 3. The summed E-state index contributed by atoms with van der Waals surface area (Å²) < 4.78 is 41.7. The van der Waals surface area contributed by atoms with Crippen molar-refractivity contribution >= 4 is 64.1 Å². The molecule has 2 fully saturated rings. The van der Waals surface area contributed by atoms with E-state index in [1.807, 2.05) is 22.9 Å². The Morgan fingerprint density at radius 1 is 0.957 bits per heavy atom. The summed E-state index contributed by atoms with van der Waals surface area (Å²) in [5.74, 6) is 4.10. The van der Waals surface area contributed by atoms with Crippen molar-refractivity contribution < 1.29 is 41.9 Å². The Balaban J connectivity index is 0.875. The van der Waals surface area contributed by atoms with Crippen LogP contribution in [0.2, 0.25) is 0 Å². The van der Waals surface area contributed by atoms with Crippen LogP contribution >= 0.6 is 0 Å². The monoisotopic (exact) mass is 940 g/mol. The molecule has 1 saturated heterocycles. The minimum Gasteiger partial charge on any atom is -0.383 e. The van der Waals surface area contributed by atoms with Gasteiger partial charge in [0.2, 0.25) is 23.6 Å². The second kappa shape index (κ2) is 19.4. The lowest BCUT2D eigenvalue weighted by Crippen LogP contribution is -2.52. The van der Waals surface area contributed by atoms with E-state index in [9.17, 15) is 41.9 Å². The lowest BCUT2D eigenvalue weighted by atomic mass is 9.90. The summed E-state index contributed by atoms with van der Waals surface area (Å²) in [7, 11) is 0. The zero-order chi connectivity index (χ0) is 48.4. The molecule has 3 aliphatic heterocycles. The standard InChI is InChI=1S/C50H47F3N10O6/c51-50(52,53)34-20-21-55-39(24-34)58-47(67)31-15-13-30(14-16-31)44-43-45-32(26-56-46(43)54)8-4-5-22-61(28-41(65)57-35-9-6-10-36(25-35)63(45)60-44)42(66)11-3-1-2-7-29-12-17-37-33(23-29)27-62(49(37)69)38-18-19-40(64)59-48(38)68/h4,8,12-17,20-21,23-24,26,35-36,38H,1,3,5-6,9-11,18-19,22,25,27-28H2,(H2,54,56)(H,57,65)(H,55,58,67)(H,59,64,68)/b8-4+/t35-,36-,38?/m1/s1. The summed E-state index contributed by atoms with van der Waals surface area (Å²) in [6, 6.07) is 12.3. The Morgan fingerprint density at radius 3 is 2.58 bits per heavy atom. The van der Waals surface area contributed by atoms with Gasteiger partial charge >= 0.3 is 6.18 Å². The molecule has 354 valence electrons. The number of alkyl halides is 3. The lowest BCUT2D eigenvalue weighted by Gasteiger charge is -2.31. The van der Waals surface area contributed by atoms with Crippen LogP contribution in [0.25, 0.3) is 28.2 Å². The fraction of sp³-hybridized carbons (Fsp3) is 0.340. The highest BCUT2D eigenvalue weighted by atomic mass is 19.4. The van der Waals surface area contributed by atoms with Crippen LogP contribution in [0.5, 0.6) is 0 Å². The van der Waals surface area contributed by atoms with Gasteiger partial charge in [-0.05, 0) is 93.0 Å². The van der Waals surface area contributed by atoms with Crippen molar-refractivity contribution in [1.29, 1.82) is 0 Å². The fourth-order valence-electron chi connectivity index (χ4n) is 9.45. The second-order valence-corrected chi connectivity index (χ2v) is 17.6. The number of carbonyl (C=O) groups excluding carboxylic acids is 6. The zero-order valence-electron chi connectivity index (χ0n) is 37.3. The van der Waals surface area contributed by atoms with Gasteiger partial charge in [0.1, 0.15) is 23.4 Å². The summed E-state index contributed by atoms with van der Waals surface area (Å²) in [5.41, 5.74) is 10.4. The first-order valence-electron chi connectivity index (χ1n) is 22.8. The van der Waals surface area contributed by atoms with E-state index >= 15 is 0 Å². The number of imide groups is 1. The van der Waals surface area contributed by atoms with Crippen molar-refractivity contribution in [1.82, 2.24) is 40.2 Å². The molecule has 2 bridgehead atoms. The van der Waals surface area contributed by atoms with Crippen molar-refractivity contribution in [3.05, 3.63) is 106 Å². The molecule has 3 atom stereocenters. The van der Waals surface area contributed by atoms with E-state index < -0.39 is 29.6 Å². The summed E-state index contributed by atoms with van der Waals surface area (Å²) in [6.45, 7) is 0.432. The largest absolute Gasteiger partial charge is 0.416 e. The molecule has 6 amide bonds. The number of anilines is 2. The maximum Gasteiger partial charge on any atom is 0.416 e. The average molecular weight is 941 g/mol. The number of nitrogen functional groups attached to an aromatic ring is 1. The number of benzene rings is 2. The third-order valence-electron chi connectivity index (χ3n) is 12.9. The number of rotatable bonds is 7. The van der Waals surface area contributed by atoms with E-state index in [4.69, 9.17) is 10.8 Å². The quantitative estimate of drug-likeness (QED) is 0.0827. The number of pyridine rings is 2. The Labute approximate surface area is 393 Å². The molecular weight excluding hydrogens is 894 g/mol. The number of halogens is 3. The van der Waals surface area contributed by atoms with Gasteiger partial charge in [0, 0.05) is 78.6 Å². The van der Waals surface area contributed by atoms with E-state index in [0.29, 0.717) is 53.5 Å². The van der Waals surface area contributed by atoms with Crippen molar-refractivity contribution in [3.8, 4) is 23.1 Å². The molecule has 3 aromatic heterocycles. The average Bonchev–Trinajstić information content (AvgIpc) is 3.89. The molecule has 19 heteroatoms. The SMILES string of the molecule is Nc1ncc2c3c1c(-c1ccc(C(=O)Nc4cc(C(F)(F)F)ccn4)cc1)nn3[C@@H]1CCC[C@H](C1)NC(=O)CN(C(=O)CCCC#Cc1ccc3c(c1)CN(C1CCC(=O)NC1=O)C3=O)CC/C=C/2. The molecule has 5 N–H and O–H groups in total. The van der Waals surface area contributed by atoms with Gasteiger partial charge in [-0.2, -0.15) is 18.3 Å². The van der Waals surface area contributed by atoms with Crippen molar-refractivity contribution in [3.63, 3.8) is 0 Å². The van der Waals surface area contributed by atoms with Gasteiger partial charge in [-0.1, -0.05) is 36.1 Å². The van der Waals surface area contributed by atoms with Crippen LogP contribution < -0.4 is 21.7 Å². The van der Waals surface area contributed by atoms with Gasteiger partial charge in [-0.3, -0.25) is 38.8 Å². The molecule has 6 heterocycles. The molecule has 5 aromatic rings. The van der Waals surface area contributed by atoms with Crippen molar-refractivity contribution in [2.45, 2.75) is 95.1 Å². The van der Waals surface area contributed by atoms with E-state index in [2.05, 4.69) is 37.8 Å². The minimum absolute atomic E-state index is 0.0987. The molecule has 9 rings (SSSR count). The molecule has 69 heavy (non-hydrogen) atoms. The molecule has 2 aromatic carbocycles. The van der Waals surface area contributed by atoms with E-state index in [1.165, 1.54) is 4.90 Å². The summed E-state index contributed by atoms with van der Waals surface area (Å²) >= 11 is 0. The maximum atomic E-state index is 13.7. The van der Waals surface area contributed by atoms with Crippen LogP contribution in [0.3, 0.4) is 0 Å². The molecule has 0 radical (unpaired) electrons. The van der Waals surface area contributed by atoms with Crippen molar-refractivity contribution in [2.24, 2.45) is 0 Å². The number of aromatic nitrogens is 4. The fourth-order valence-corrected chi connectivity index (χ4v) is 9.45. The van der Waals surface area contributed by atoms with Gasteiger partial charge in [-0.25, -0.2) is 9.97 Å². The number of hydrogen-bond acceptors (Lipinski definition) is 10. The van der Waals surface area contributed by atoms with E-state index in [0.717, 1.165) is 54.2 Å². The van der Waals surface area contributed by atoms with Crippen LogP contribution in [-0.2, 0) is 31.9 Å². The summed E-state index contributed by atoms with van der Waals surface area (Å²) in [5, 5.41) is 13.6. The number of hydrogen-bond donors (Lipinski definition) is 4. The first-order valence-corrected chi connectivity index (χ1v) is 22.8. The molecule has 16 nitrogen and oxygen atoms in total. The Kier molecular flexibility index (Phi) is 13.0. The summed E-state index contributed by atoms with van der Waals surface area (Å²) in [6.07, 6.45) is 6.74. The van der Waals surface area contributed by atoms with E-state index in [-0.39, 0.29) is 91.8 Å². The predicted molar refractivity (Wildman–Crippen MR) is 247 cm³/mol. The minimum atomic E-state index is -4.60. The van der Waals surface area contributed by atoms with Crippen LogP contribution in [0, 0.1) is 11.8 Å². The van der Waals surface area contributed by atoms with Gasteiger partial charge in [0.15, 0.2) is 0 Å². The molecule has 1 aliphatic carbocycles. The van der Waals surface area contributed by atoms with Gasteiger partial charge in [-0.15, -0.1) is 0 Å². The number of piperidine rings is 1. The zero-order valence-corrected chi connectivity index (χ0v) is 37.3. The van der Waals surface area contributed by atoms with E-state index in [1.54, 1.807) is 47.5 Å². The van der Waals surface area contributed by atoms with Gasteiger partial charge in [0.25, 0.3) is 11.8 Å². The van der Waals surface area contributed by atoms with Crippen LogP contribution in [-0.4, -0.2) is 90.2 Å². The number of carbonyl (C=O) groups is 6. The number of amides is 6. The smallest absolute Gasteiger partial charge is 0.383 e. The Bertz CT molecular complexity index is 2990. The third kappa shape index (κ3) is 10.1. The molecule has 4 aliphatic rings.